The van der Waals surface area contributed by atoms with Crippen molar-refractivity contribution in [1.29, 1.82) is 0 Å². The molecular weight excluding hydrogens is 256 g/mol. The van der Waals surface area contributed by atoms with Crippen molar-refractivity contribution in [3.05, 3.63) is 34.9 Å². The predicted octanol–water partition coefficient (Wildman–Crippen LogP) is 4.22. The van der Waals surface area contributed by atoms with Crippen LogP contribution in [0, 0.1) is 13.8 Å². The summed E-state index contributed by atoms with van der Waals surface area (Å²) in [5, 5.41) is 3.51. The van der Waals surface area contributed by atoms with Crippen molar-refractivity contribution in [2.75, 3.05) is 20.6 Å². The van der Waals surface area contributed by atoms with Gasteiger partial charge in [0.05, 0.1) is 0 Å². The minimum Gasteiger partial charge on any atom is -0.312 e. The fraction of sp³-hybridized carbons (Fsp3) is 0.684. The molecule has 118 valence electrons. The molecule has 0 aliphatic heterocycles. The topological polar surface area (TPSA) is 15.3 Å². The van der Waals surface area contributed by atoms with Crippen LogP contribution in [0.25, 0.3) is 0 Å². The van der Waals surface area contributed by atoms with Crippen molar-refractivity contribution in [2.45, 2.75) is 64.5 Å². The Kier molecular flexibility index (Phi) is 6.25. The number of hydrogen-bond acceptors (Lipinski definition) is 2. The maximum absolute atomic E-state index is 3.51. The van der Waals surface area contributed by atoms with Crippen molar-refractivity contribution < 1.29 is 0 Å². The van der Waals surface area contributed by atoms with Gasteiger partial charge >= 0.3 is 0 Å². The maximum Gasteiger partial charge on any atom is 0.0446 e. The lowest BCUT2D eigenvalue weighted by molar-refractivity contribution is 0.201. The molecular formula is C19H32N2. The second kappa shape index (κ2) is 7.95. The molecule has 0 aromatic heterocycles. The summed E-state index contributed by atoms with van der Waals surface area (Å²) in [6, 6.07) is 8.08. The van der Waals surface area contributed by atoms with Gasteiger partial charge in [0.25, 0.3) is 0 Å². The third-order valence-corrected chi connectivity index (χ3v) is 5.20. The zero-order valence-corrected chi connectivity index (χ0v) is 14.3. The largest absolute Gasteiger partial charge is 0.312 e. The first kappa shape index (κ1) is 16.5. The molecule has 2 heteroatoms. The third kappa shape index (κ3) is 4.55. The second-order valence-corrected chi connectivity index (χ2v) is 6.77. The summed E-state index contributed by atoms with van der Waals surface area (Å²) in [6.45, 7) is 5.50. The molecule has 1 aromatic carbocycles. The van der Waals surface area contributed by atoms with Gasteiger partial charge in [0.2, 0.25) is 0 Å². The van der Waals surface area contributed by atoms with Crippen LogP contribution in [0.3, 0.4) is 0 Å². The molecule has 0 amide bonds. The van der Waals surface area contributed by atoms with E-state index in [0.717, 1.165) is 12.6 Å². The van der Waals surface area contributed by atoms with Crippen molar-refractivity contribution in [3.63, 3.8) is 0 Å². The monoisotopic (exact) mass is 288 g/mol. The molecule has 0 saturated heterocycles. The van der Waals surface area contributed by atoms with E-state index in [4.69, 9.17) is 0 Å². The molecule has 2 nitrogen and oxygen atoms in total. The maximum atomic E-state index is 3.51. The molecule has 1 aliphatic carbocycles. The molecule has 1 N–H and O–H groups in total. The Morgan fingerprint density at radius 2 is 1.76 bits per heavy atom. The highest BCUT2D eigenvalue weighted by molar-refractivity contribution is 5.31. The molecule has 1 unspecified atom stereocenters. The Labute approximate surface area is 130 Å². The summed E-state index contributed by atoms with van der Waals surface area (Å²) in [6.07, 6.45) is 8.42. The van der Waals surface area contributed by atoms with Gasteiger partial charge in [-0.3, -0.25) is 0 Å². The quantitative estimate of drug-likeness (QED) is 0.816. The molecule has 1 aliphatic rings. The Balaban J connectivity index is 2.01. The van der Waals surface area contributed by atoms with Gasteiger partial charge in [-0.25, -0.2) is 0 Å². The molecule has 1 saturated carbocycles. The summed E-state index contributed by atoms with van der Waals surface area (Å²) < 4.78 is 0. The van der Waals surface area contributed by atoms with Crippen LogP contribution in [0.15, 0.2) is 18.2 Å². The van der Waals surface area contributed by atoms with Crippen molar-refractivity contribution in [2.24, 2.45) is 0 Å². The Bertz CT molecular complexity index is 433. The lowest BCUT2D eigenvalue weighted by Crippen LogP contribution is -2.38. The minimum absolute atomic E-state index is 0.428. The van der Waals surface area contributed by atoms with Gasteiger partial charge < -0.3 is 10.2 Å². The number of rotatable bonds is 5. The average molecular weight is 288 g/mol. The lowest BCUT2D eigenvalue weighted by Gasteiger charge is -2.31. The number of hydrogen-bond donors (Lipinski definition) is 1. The van der Waals surface area contributed by atoms with Crippen LogP contribution in [-0.4, -0.2) is 31.6 Å². The van der Waals surface area contributed by atoms with Crippen LogP contribution in [0.1, 0.15) is 61.3 Å². The van der Waals surface area contributed by atoms with Gasteiger partial charge in [-0.1, -0.05) is 43.9 Å². The number of nitrogens with zero attached hydrogens (tertiary/aromatic N) is 1. The zero-order chi connectivity index (χ0) is 15.2. The van der Waals surface area contributed by atoms with Crippen LogP contribution in [-0.2, 0) is 0 Å². The number of likely N-dealkylation sites (N-methyl/N-ethyl adjacent to an activating group) is 2. The molecule has 0 spiro atoms. The first-order valence-electron chi connectivity index (χ1n) is 8.56. The van der Waals surface area contributed by atoms with Gasteiger partial charge in [-0.2, -0.15) is 0 Å². The van der Waals surface area contributed by atoms with Gasteiger partial charge in [0, 0.05) is 18.6 Å². The van der Waals surface area contributed by atoms with Crippen LogP contribution >= 0.6 is 0 Å². The summed E-state index contributed by atoms with van der Waals surface area (Å²) in [5.74, 6) is 0. The summed E-state index contributed by atoms with van der Waals surface area (Å²) in [7, 11) is 4.39. The van der Waals surface area contributed by atoms with E-state index in [-0.39, 0.29) is 0 Å². The van der Waals surface area contributed by atoms with Gasteiger partial charge in [-0.15, -0.1) is 0 Å². The smallest absolute Gasteiger partial charge is 0.0446 e. The van der Waals surface area contributed by atoms with E-state index in [2.05, 4.69) is 56.4 Å². The van der Waals surface area contributed by atoms with Crippen molar-refractivity contribution in [1.82, 2.24) is 10.2 Å². The summed E-state index contributed by atoms with van der Waals surface area (Å²) in [5.41, 5.74) is 4.19. The van der Waals surface area contributed by atoms with E-state index in [0.29, 0.717) is 6.04 Å². The van der Waals surface area contributed by atoms with Crippen LogP contribution in [0.4, 0.5) is 0 Å². The molecule has 1 atom stereocenters. The van der Waals surface area contributed by atoms with Crippen molar-refractivity contribution in [3.8, 4) is 0 Å². The van der Waals surface area contributed by atoms with Gasteiger partial charge in [0.1, 0.15) is 0 Å². The highest BCUT2D eigenvalue weighted by atomic mass is 15.1. The molecule has 0 bridgehead atoms. The molecule has 21 heavy (non-hydrogen) atoms. The average Bonchev–Trinajstić information content (AvgIpc) is 2.76. The fourth-order valence-corrected chi connectivity index (χ4v) is 3.48. The molecule has 0 radical (unpaired) electrons. The predicted molar refractivity (Wildman–Crippen MR) is 91.8 cm³/mol. The fourth-order valence-electron chi connectivity index (χ4n) is 3.48. The van der Waals surface area contributed by atoms with Crippen LogP contribution in [0.5, 0.6) is 0 Å². The van der Waals surface area contributed by atoms with E-state index in [1.165, 1.54) is 55.2 Å². The number of nitrogens with one attached hydrogen (secondary N) is 1. The SMILES string of the molecule is CNC(CN(C)C1CCCCCC1)c1ccc(C)c(C)c1. The van der Waals surface area contributed by atoms with Crippen LogP contribution in [0.2, 0.25) is 0 Å². The first-order chi connectivity index (χ1) is 10.1. The Morgan fingerprint density at radius 1 is 1.10 bits per heavy atom. The lowest BCUT2D eigenvalue weighted by atomic mass is 9.99. The molecule has 2 rings (SSSR count). The summed E-state index contributed by atoms with van der Waals surface area (Å²) >= 11 is 0. The van der Waals surface area contributed by atoms with E-state index < -0.39 is 0 Å². The third-order valence-electron chi connectivity index (χ3n) is 5.20. The number of aryl methyl sites for hydroxylation is 2. The zero-order valence-electron chi connectivity index (χ0n) is 14.3. The standard InChI is InChI=1S/C19H32N2/c1-15-11-12-17(13-16(15)2)19(20-3)14-21(4)18-9-7-5-6-8-10-18/h11-13,18-20H,5-10,14H2,1-4H3. The highest BCUT2D eigenvalue weighted by Gasteiger charge is 2.20. The Morgan fingerprint density at radius 3 is 2.33 bits per heavy atom. The molecule has 1 fully saturated rings. The van der Waals surface area contributed by atoms with E-state index in [9.17, 15) is 0 Å². The first-order valence-corrected chi connectivity index (χ1v) is 8.56. The van der Waals surface area contributed by atoms with Gasteiger partial charge in [0.15, 0.2) is 0 Å². The van der Waals surface area contributed by atoms with E-state index in [1.54, 1.807) is 0 Å². The molecule has 0 heterocycles. The summed E-state index contributed by atoms with van der Waals surface area (Å²) in [4.78, 5) is 2.58. The van der Waals surface area contributed by atoms with E-state index in [1.807, 2.05) is 0 Å². The highest BCUT2D eigenvalue weighted by Crippen LogP contribution is 2.24. The minimum atomic E-state index is 0.428. The Hall–Kier alpha value is -0.860. The van der Waals surface area contributed by atoms with E-state index >= 15 is 0 Å². The second-order valence-electron chi connectivity index (χ2n) is 6.77. The normalized spacial score (nSPS) is 18.7. The van der Waals surface area contributed by atoms with Crippen LogP contribution < -0.4 is 5.32 Å². The molecule has 1 aromatic rings. The number of benzene rings is 1. The van der Waals surface area contributed by atoms with Gasteiger partial charge in [-0.05, 0) is 57.5 Å². The van der Waals surface area contributed by atoms with Crippen molar-refractivity contribution >= 4 is 0 Å².